The predicted molar refractivity (Wildman–Crippen MR) is 75.7 cm³/mol. The Morgan fingerprint density at radius 2 is 1.25 bits per heavy atom. The summed E-state index contributed by atoms with van der Waals surface area (Å²) in [4.78, 5) is 0. The Kier molecular flexibility index (Phi) is 9.07. The van der Waals surface area contributed by atoms with Gasteiger partial charge in [0, 0.05) is 0 Å². The van der Waals surface area contributed by atoms with Gasteiger partial charge in [-0.2, -0.15) is 0 Å². The van der Waals surface area contributed by atoms with Gasteiger partial charge in [0.1, 0.15) is 0 Å². The Balaban J connectivity index is 3.66. The minimum Gasteiger partial charge on any atom is -0.0651 e. The molecular formula is C16H34. The van der Waals surface area contributed by atoms with Crippen LogP contribution in [0.5, 0.6) is 0 Å². The lowest BCUT2D eigenvalue weighted by atomic mass is 9.83. The molecule has 0 saturated heterocycles. The number of rotatable bonds is 9. The average molecular weight is 226 g/mol. The highest BCUT2D eigenvalue weighted by molar-refractivity contribution is 4.66. The maximum atomic E-state index is 2.45. The third-order valence-corrected chi connectivity index (χ3v) is 4.50. The van der Waals surface area contributed by atoms with Crippen LogP contribution in [0.1, 0.15) is 80.1 Å². The van der Waals surface area contributed by atoms with Crippen molar-refractivity contribution in [1.29, 1.82) is 0 Å². The van der Waals surface area contributed by atoms with Crippen molar-refractivity contribution < 1.29 is 0 Å². The van der Waals surface area contributed by atoms with Gasteiger partial charge < -0.3 is 0 Å². The van der Waals surface area contributed by atoms with E-state index in [0.717, 1.165) is 23.7 Å². The van der Waals surface area contributed by atoms with Crippen molar-refractivity contribution in [3.8, 4) is 0 Å². The monoisotopic (exact) mass is 226 g/mol. The van der Waals surface area contributed by atoms with Crippen LogP contribution in [0.4, 0.5) is 0 Å². The second-order valence-corrected chi connectivity index (χ2v) is 6.15. The molecule has 0 aliphatic heterocycles. The van der Waals surface area contributed by atoms with Gasteiger partial charge in [-0.3, -0.25) is 0 Å². The van der Waals surface area contributed by atoms with Crippen LogP contribution in [0.25, 0.3) is 0 Å². The zero-order valence-electron chi connectivity index (χ0n) is 12.6. The Bertz CT molecular complexity index is 150. The van der Waals surface area contributed by atoms with Gasteiger partial charge >= 0.3 is 0 Å². The largest absolute Gasteiger partial charge is 0.0651 e. The van der Waals surface area contributed by atoms with Gasteiger partial charge in [0.2, 0.25) is 0 Å². The van der Waals surface area contributed by atoms with Crippen molar-refractivity contribution in [3.63, 3.8) is 0 Å². The SMILES string of the molecule is CCC(C)CCCC(C)C(C)CC(C)CC. The van der Waals surface area contributed by atoms with Crippen LogP contribution in [0.15, 0.2) is 0 Å². The van der Waals surface area contributed by atoms with E-state index in [-0.39, 0.29) is 0 Å². The summed E-state index contributed by atoms with van der Waals surface area (Å²) in [6, 6.07) is 0. The summed E-state index contributed by atoms with van der Waals surface area (Å²) in [5.74, 6) is 3.66. The van der Waals surface area contributed by atoms with E-state index in [1.807, 2.05) is 0 Å². The van der Waals surface area contributed by atoms with Crippen LogP contribution < -0.4 is 0 Å². The fourth-order valence-electron chi connectivity index (χ4n) is 2.31. The third kappa shape index (κ3) is 7.30. The Morgan fingerprint density at radius 3 is 1.75 bits per heavy atom. The van der Waals surface area contributed by atoms with Crippen LogP contribution in [0, 0.1) is 23.7 Å². The van der Waals surface area contributed by atoms with Gasteiger partial charge in [0.05, 0.1) is 0 Å². The zero-order chi connectivity index (χ0) is 12.6. The Labute approximate surface area is 104 Å². The van der Waals surface area contributed by atoms with E-state index in [4.69, 9.17) is 0 Å². The Hall–Kier alpha value is 0. The Morgan fingerprint density at radius 1 is 0.688 bits per heavy atom. The maximum absolute atomic E-state index is 2.45. The maximum Gasteiger partial charge on any atom is -0.0414 e. The summed E-state index contributed by atoms with van der Waals surface area (Å²) in [6.45, 7) is 14.3. The van der Waals surface area contributed by atoms with Crippen molar-refractivity contribution in [2.75, 3.05) is 0 Å². The normalized spacial score (nSPS) is 19.1. The first-order valence-electron chi connectivity index (χ1n) is 7.51. The van der Waals surface area contributed by atoms with Crippen molar-refractivity contribution in [1.82, 2.24) is 0 Å². The summed E-state index contributed by atoms with van der Waals surface area (Å²) in [5.41, 5.74) is 0. The summed E-state index contributed by atoms with van der Waals surface area (Å²) in [6.07, 6.45) is 8.39. The lowest BCUT2D eigenvalue weighted by Gasteiger charge is -2.23. The first-order chi connectivity index (χ1) is 7.51. The molecule has 0 nitrogen and oxygen atoms in total. The highest BCUT2D eigenvalue weighted by Crippen LogP contribution is 2.26. The molecule has 0 fully saturated rings. The molecule has 0 amide bonds. The fourth-order valence-corrected chi connectivity index (χ4v) is 2.31. The first-order valence-corrected chi connectivity index (χ1v) is 7.51. The van der Waals surface area contributed by atoms with Crippen LogP contribution in [0.2, 0.25) is 0 Å². The molecule has 16 heavy (non-hydrogen) atoms. The van der Waals surface area contributed by atoms with Gasteiger partial charge in [-0.25, -0.2) is 0 Å². The predicted octanol–water partition coefficient (Wildman–Crippen LogP) is 5.91. The molecule has 0 bridgehead atoms. The first kappa shape index (κ1) is 16.0. The molecule has 98 valence electrons. The van der Waals surface area contributed by atoms with Gasteiger partial charge in [0.25, 0.3) is 0 Å². The molecule has 4 atom stereocenters. The van der Waals surface area contributed by atoms with Crippen molar-refractivity contribution >= 4 is 0 Å². The lowest BCUT2D eigenvalue weighted by Crippen LogP contribution is -2.12. The smallest absolute Gasteiger partial charge is 0.0414 e. The number of hydrogen-bond acceptors (Lipinski definition) is 0. The van der Waals surface area contributed by atoms with E-state index >= 15 is 0 Å². The second kappa shape index (κ2) is 9.07. The molecule has 4 unspecified atom stereocenters. The van der Waals surface area contributed by atoms with Crippen LogP contribution in [0.3, 0.4) is 0 Å². The van der Waals surface area contributed by atoms with Crippen molar-refractivity contribution in [3.05, 3.63) is 0 Å². The molecule has 0 N–H and O–H groups in total. The molecule has 0 aromatic heterocycles. The van der Waals surface area contributed by atoms with Gasteiger partial charge in [-0.15, -0.1) is 0 Å². The molecule has 0 heteroatoms. The molecule has 0 aromatic carbocycles. The van der Waals surface area contributed by atoms with E-state index in [1.165, 1.54) is 38.5 Å². The molecule has 0 spiro atoms. The van der Waals surface area contributed by atoms with Gasteiger partial charge in [-0.05, 0) is 30.1 Å². The van der Waals surface area contributed by atoms with Crippen LogP contribution >= 0.6 is 0 Å². The highest BCUT2D eigenvalue weighted by atomic mass is 14.2. The molecular weight excluding hydrogens is 192 g/mol. The van der Waals surface area contributed by atoms with Gasteiger partial charge in [-0.1, -0.05) is 73.6 Å². The standard InChI is InChI=1S/C16H34/c1-7-13(3)10-9-11-15(5)16(6)12-14(4)8-2/h13-16H,7-12H2,1-6H3. The summed E-state index contributed by atoms with van der Waals surface area (Å²) in [7, 11) is 0. The second-order valence-electron chi connectivity index (χ2n) is 6.15. The lowest BCUT2D eigenvalue weighted by molar-refractivity contribution is 0.284. The van der Waals surface area contributed by atoms with Gasteiger partial charge in [0.15, 0.2) is 0 Å². The molecule has 0 radical (unpaired) electrons. The van der Waals surface area contributed by atoms with E-state index in [2.05, 4.69) is 41.5 Å². The minimum absolute atomic E-state index is 0.909. The average Bonchev–Trinajstić information content (AvgIpc) is 2.28. The van der Waals surface area contributed by atoms with Crippen molar-refractivity contribution in [2.45, 2.75) is 80.1 Å². The molecule has 0 aromatic rings. The van der Waals surface area contributed by atoms with E-state index in [1.54, 1.807) is 0 Å². The summed E-state index contributed by atoms with van der Waals surface area (Å²) < 4.78 is 0. The topological polar surface area (TPSA) is 0 Å². The third-order valence-electron chi connectivity index (χ3n) is 4.50. The summed E-state index contributed by atoms with van der Waals surface area (Å²) >= 11 is 0. The van der Waals surface area contributed by atoms with Crippen LogP contribution in [-0.2, 0) is 0 Å². The zero-order valence-corrected chi connectivity index (χ0v) is 12.6. The quantitative estimate of drug-likeness (QED) is 0.458. The molecule has 0 rings (SSSR count). The molecule has 0 heterocycles. The summed E-state index contributed by atoms with van der Waals surface area (Å²) in [5, 5.41) is 0. The molecule has 0 aliphatic carbocycles. The van der Waals surface area contributed by atoms with Crippen molar-refractivity contribution in [2.24, 2.45) is 23.7 Å². The van der Waals surface area contributed by atoms with Crippen LogP contribution in [-0.4, -0.2) is 0 Å². The molecule has 0 saturated carbocycles. The number of hydrogen-bond donors (Lipinski definition) is 0. The van der Waals surface area contributed by atoms with E-state index < -0.39 is 0 Å². The minimum atomic E-state index is 0.909. The van der Waals surface area contributed by atoms with E-state index in [0.29, 0.717) is 0 Å². The highest BCUT2D eigenvalue weighted by Gasteiger charge is 2.14. The molecule has 0 aliphatic rings. The fraction of sp³-hybridized carbons (Fsp3) is 1.00. The van der Waals surface area contributed by atoms with E-state index in [9.17, 15) is 0 Å².